The molecule has 9 rings (SSSR count). The van der Waals surface area contributed by atoms with E-state index in [4.69, 9.17) is 39.5 Å². The SMILES string of the molecule is COc1ccc([C@@]23C(=O)N(Nc4ccc(Cl)cc4Cl)C(=O)[C@@H]2C[C@@H]2C(=CC[C@@H]4C(=O)N(c5ccc(Cl)cc5)C(=O)[C@@H]42)[C@@H]3c2c(O)ccc3ccccc23)cc1. The number of hydrogen-bond acceptors (Lipinski definition) is 7. The Morgan fingerprint density at radius 1 is 0.800 bits per heavy atom. The van der Waals surface area contributed by atoms with Gasteiger partial charge in [-0.1, -0.05) is 88.9 Å². The molecule has 55 heavy (non-hydrogen) atoms. The monoisotopic (exact) mass is 791 g/mol. The van der Waals surface area contributed by atoms with Gasteiger partial charge >= 0.3 is 0 Å². The maximum Gasteiger partial charge on any atom is 0.260 e. The third-order valence-electron chi connectivity index (χ3n) is 11.9. The van der Waals surface area contributed by atoms with Crippen molar-refractivity contribution < 1.29 is 29.0 Å². The van der Waals surface area contributed by atoms with Crippen LogP contribution >= 0.6 is 34.8 Å². The average Bonchev–Trinajstić information content (AvgIpc) is 3.57. The Morgan fingerprint density at radius 2 is 1.53 bits per heavy atom. The summed E-state index contributed by atoms with van der Waals surface area (Å²) in [5.74, 6) is -5.49. The van der Waals surface area contributed by atoms with Gasteiger partial charge in [-0.05, 0) is 95.8 Å². The van der Waals surface area contributed by atoms with Crippen LogP contribution < -0.4 is 15.1 Å². The first-order valence-corrected chi connectivity index (χ1v) is 19.0. The van der Waals surface area contributed by atoms with Crippen molar-refractivity contribution in [3.63, 3.8) is 0 Å². The van der Waals surface area contributed by atoms with Crippen LogP contribution in [0, 0.1) is 23.7 Å². The lowest BCUT2D eigenvalue weighted by Crippen LogP contribution is -2.53. The number of allylic oxidation sites excluding steroid dienone is 2. The van der Waals surface area contributed by atoms with E-state index in [2.05, 4.69) is 5.43 Å². The number of imide groups is 2. The van der Waals surface area contributed by atoms with Gasteiger partial charge in [0, 0.05) is 21.5 Å². The van der Waals surface area contributed by atoms with Crippen molar-refractivity contribution in [2.24, 2.45) is 23.7 Å². The predicted octanol–water partition coefficient (Wildman–Crippen LogP) is 8.70. The zero-order valence-corrected chi connectivity index (χ0v) is 31.5. The van der Waals surface area contributed by atoms with Crippen LogP contribution in [-0.2, 0) is 24.6 Å². The van der Waals surface area contributed by atoms with Crippen molar-refractivity contribution in [3.8, 4) is 11.5 Å². The number of phenolic OH excluding ortho intramolecular Hbond substituents is 1. The number of hydrazine groups is 1. The molecule has 6 atom stereocenters. The van der Waals surface area contributed by atoms with Gasteiger partial charge < -0.3 is 9.84 Å². The maximum atomic E-state index is 15.6. The van der Waals surface area contributed by atoms with Crippen molar-refractivity contribution in [3.05, 3.63) is 141 Å². The Kier molecular flexibility index (Phi) is 8.45. The molecule has 0 aromatic heterocycles. The highest BCUT2D eigenvalue weighted by Crippen LogP contribution is 2.65. The summed E-state index contributed by atoms with van der Waals surface area (Å²) in [6.45, 7) is 0. The summed E-state index contributed by atoms with van der Waals surface area (Å²) >= 11 is 18.9. The molecule has 4 aliphatic rings. The van der Waals surface area contributed by atoms with E-state index in [1.807, 2.05) is 30.3 Å². The predicted molar refractivity (Wildman–Crippen MR) is 210 cm³/mol. The van der Waals surface area contributed by atoms with E-state index in [1.165, 1.54) is 11.0 Å². The number of nitrogens with zero attached hydrogens (tertiary/aromatic N) is 2. The molecule has 2 heterocycles. The Hall–Kier alpha value is -5.35. The topological polar surface area (TPSA) is 116 Å². The molecule has 2 aliphatic carbocycles. The van der Waals surface area contributed by atoms with Gasteiger partial charge in [-0.25, -0.2) is 0 Å². The first-order chi connectivity index (χ1) is 26.5. The summed E-state index contributed by atoms with van der Waals surface area (Å²) in [4.78, 5) is 60.7. The minimum Gasteiger partial charge on any atom is -0.508 e. The molecule has 5 aromatic carbocycles. The van der Waals surface area contributed by atoms with Crippen molar-refractivity contribution in [1.82, 2.24) is 5.01 Å². The first-order valence-electron chi connectivity index (χ1n) is 17.8. The second-order valence-electron chi connectivity index (χ2n) is 14.4. The van der Waals surface area contributed by atoms with Gasteiger partial charge in [-0.3, -0.25) is 29.5 Å². The van der Waals surface area contributed by atoms with E-state index in [9.17, 15) is 14.7 Å². The molecule has 2 aliphatic heterocycles. The van der Waals surface area contributed by atoms with E-state index < -0.39 is 46.8 Å². The lowest BCUT2D eigenvalue weighted by atomic mass is 9.48. The van der Waals surface area contributed by atoms with Crippen molar-refractivity contribution in [2.75, 3.05) is 17.4 Å². The van der Waals surface area contributed by atoms with Gasteiger partial charge in [0.2, 0.25) is 11.8 Å². The second-order valence-corrected chi connectivity index (χ2v) is 15.7. The third kappa shape index (κ3) is 5.20. The summed E-state index contributed by atoms with van der Waals surface area (Å²) in [5, 5.41) is 15.5. The lowest BCUT2D eigenvalue weighted by molar-refractivity contribution is -0.138. The Morgan fingerprint density at radius 3 is 2.25 bits per heavy atom. The molecular formula is C43H32Cl3N3O6. The van der Waals surface area contributed by atoms with Crippen LogP contribution in [0.2, 0.25) is 15.1 Å². The number of phenols is 1. The fourth-order valence-corrected chi connectivity index (χ4v) is 10.2. The summed E-state index contributed by atoms with van der Waals surface area (Å²) in [6.07, 6.45) is 2.26. The first kappa shape index (κ1) is 35.4. The van der Waals surface area contributed by atoms with Crippen molar-refractivity contribution >= 4 is 80.6 Å². The maximum absolute atomic E-state index is 15.6. The fraction of sp³-hybridized carbons (Fsp3) is 0.209. The van der Waals surface area contributed by atoms with Crippen LogP contribution in [0.3, 0.4) is 0 Å². The summed E-state index contributed by atoms with van der Waals surface area (Å²) in [5.41, 5.74) is 3.76. The number of fused-ring (bicyclic) bond motifs is 5. The Balaban J connectivity index is 1.29. The highest BCUT2D eigenvalue weighted by atomic mass is 35.5. The van der Waals surface area contributed by atoms with E-state index in [-0.39, 0.29) is 41.1 Å². The van der Waals surface area contributed by atoms with E-state index >= 15 is 9.59 Å². The standard InChI is InChI=1S/C43H32Cl3N3O6/c1-55-27-14-7-23(8-15-27)43-32(40(52)49(42(43)54)47-34-18-11-25(45)20-33(34)46)21-31-29(38(43)37-28-5-3-2-4-22(28)6-19-35(37)50)16-17-30-36(31)41(53)48(39(30)51)26-12-9-24(44)10-13-26/h2-16,18-20,30-32,36,38,47,50H,17,21H2,1H3/t30-,31+,32-,36-,38+,43+/m0/s1. The quantitative estimate of drug-likeness (QED) is 0.131. The Bertz CT molecular complexity index is 2490. The zero-order valence-electron chi connectivity index (χ0n) is 29.2. The Labute approximate surface area is 331 Å². The molecule has 12 heteroatoms. The number of nitrogens with one attached hydrogen (secondary N) is 1. The molecule has 9 nitrogen and oxygen atoms in total. The van der Waals surface area contributed by atoms with Crippen LogP contribution in [0.1, 0.15) is 29.9 Å². The number of halogens is 3. The molecule has 276 valence electrons. The summed E-state index contributed by atoms with van der Waals surface area (Å²) < 4.78 is 5.50. The highest BCUT2D eigenvalue weighted by molar-refractivity contribution is 6.36. The van der Waals surface area contributed by atoms with Crippen molar-refractivity contribution in [2.45, 2.75) is 24.2 Å². The zero-order chi connectivity index (χ0) is 38.3. The van der Waals surface area contributed by atoms with Gasteiger partial charge in [0.15, 0.2) is 0 Å². The van der Waals surface area contributed by atoms with Gasteiger partial charge in [0.1, 0.15) is 11.5 Å². The second kappa shape index (κ2) is 13.2. The van der Waals surface area contributed by atoms with Crippen LogP contribution in [0.25, 0.3) is 10.8 Å². The molecule has 0 radical (unpaired) electrons. The summed E-state index contributed by atoms with van der Waals surface area (Å²) in [7, 11) is 1.54. The molecule has 0 spiro atoms. The third-order valence-corrected chi connectivity index (χ3v) is 12.7. The lowest BCUT2D eigenvalue weighted by Gasteiger charge is -2.51. The molecule has 1 saturated carbocycles. The number of amides is 4. The number of carbonyl (C=O) groups excluding carboxylic acids is 4. The molecule has 2 saturated heterocycles. The van der Waals surface area contributed by atoms with Crippen LogP contribution in [0.5, 0.6) is 11.5 Å². The number of carbonyl (C=O) groups is 4. The van der Waals surface area contributed by atoms with Crippen LogP contribution in [0.15, 0.2) is 115 Å². The number of benzene rings is 5. The van der Waals surface area contributed by atoms with E-state index in [1.54, 1.807) is 79.9 Å². The molecule has 2 N–H and O–H groups in total. The van der Waals surface area contributed by atoms with Crippen LogP contribution in [0.4, 0.5) is 11.4 Å². The molecular weight excluding hydrogens is 761 g/mol. The van der Waals surface area contributed by atoms with Gasteiger partial charge in [-0.2, -0.15) is 5.01 Å². The smallest absolute Gasteiger partial charge is 0.260 e. The normalized spacial score (nSPS) is 25.8. The van der Waals surface area contributed by atoms with Crippen LogP contribution in [-0.4, -0.2) is 40.9 Å². The summed E-state index contributed by atoms with van der Waals surface area (Å²) in [6, 6.07) is 29.2. The van der Waals surface area contributed by atoms with Crippen molar-refractivity contribution in [1.29, 1.82) is 0 Å². The number of hydrogen-bond donors (Lipinski definition) is 2. The van der Waals surface area contributed by atoms with Gasteiger partial charge in [-0.15, -0.1) is 0 Å². The molecule has 0 unspecified atom stereocenters. The number of anilines is 2. The average molecular weight is 793 g/mol. The van der Waals surface area contributed by atoms with Gasteiger partial charge in [0.25, 0.3) is 11.8 Å². The number of rotatable bonds is 6. The number of methoxy groups -OCH3 is 1. The largest absolute Gasteiger partial charge is 0.508 e. The molecule has 0 bridgehead atoms. The number of ether oxygens (including phenoxy) is 1. The van der Waals surface area contributed by atoms with Gasteiger partial charge in [0.05, 0.1) is 46.7 Å². The van der Waals surface area contributed by atoms with E-state index in [0.29, 0.717) is 43.6 Å². The highest BCUT2D eigenvalue weighted by Gasteiger charge is 2.71. The molecule has 3 fully saturated rings. The minimum atomic E-state index is -1.63. The molecule has 5 aromatic rings. The molecule has 4 amide bonds. The minimum absolute atomic E-state index is 0.0666. The van der Waals surface area contributed by atoms with E-state index in [0.717, 1.165) is 10.4 Å². The fourth-order valence-electron chi connectivity index (χ4n) is 9.59. The number of aromatic hydroxyl groups is 1.